The summed E-state index contributed by atoms with van der Waals surface area (Å²) < 4.78 is 0. The lowest BCUT2D eigenvalue weighted by molar-refractivity contribution is -0.385. The molecule has 0 spiro atoms. The van der Waals surface area contributed by atoms with E-state index in [-0.39, 0.29) is 11.4 Å². The quantitative estimate of drug-likeness (QED) is 0.547. The van der Waals surface area contributed by atoms with E-state index in [0.717, 1.165) is 19.6 Å². The Morgan fingerprint density at radius 3 is 1.81 bits per heavy atom. The minimum Gasteiger partial charge on any atom is -0.310 e. The zero-order chi connectivity index (χ0) is 18.5. The molecule has 0 saturated carbocycles. The number of hydrogen-bond acceptors (Lipinski definition) is 8. The molecule has 2 aromatic heterocycles. The summed E-state index contributed by atoms with van der Waals surface area (Å²) in [5.74, 6) is 1.02. The second kappa shape index (κ2) is 7.83. The number of aromatic nitrogens is 2. The molecule has 0 aromatic carbocycles. The molecule has 0 unspecified atom stereocenters. The van der Waals surface area contributed by atoms with Crippen molar-refractivity contribution in [3.63, 3.8) is 0 Å². The third-order valence-electron chi connectivity index (χ3n) is 4.28. The molecule has 0 amide bonds. The van der Waals surface area contributed by atoms with Gasteiger partial charge in [-0.1, -0.05) is 0 Å². The van der Waals surface area contributed by atoms with Crippen LogP contribution in [0.3, 0.4) is 0 Å². The van der Waals surface area contributed by atoms with Crippen LogP contribution in [0.2, 0.25) is 0 Å². The van der Waals surface area contributed by atoms with Crippen molar-refractivity contribution in [1.29, 1.82) is 0 Å². The van der Waals surface area contributed by atoms with E-state index in [4.69, 9.17) is 0 Å². The summed E-state index contributed by atoms with van der Waals surface area (Å²) in [4.78, 5) is 33.1. The fourth-order valence-electron chi connectivity index (χ4n) is 2.89. The maximum absolute atomic E-state index is 10.8. The fourth-order valence-corrected chi connectivity index (χ4v) is 2.89. The Morgan fingerprint density at radius 2 is 1.42 bits per heavy atom. The Hall–Kier alpha value is -3.14. The van der Waals surface area contributed by atoms with Crippen molar-refractivity contribution in [2.75, 3.05) is 31.1 Å². The second-order valence-electron chi connectivity index (χ2n) is 5.96. The molecule has 0 atom stereocenters. The smallest absolute Gasteiger partial charge is 0.287 e. The SMILES string of the molecule is O=[N+]([O-])c1ccc(N(CCN2CCCC2)c2ccc([N+](=O)[O-])cn2)nc1. The van der Waals surface area contributed by atoms with Crippen LogP contribution >= 0.6 is 0 Å². The zero-order valence-electron chi connectivity index (χ0n) is 14.0. The Balaban J connectivity index is 1.84. The lowest BCUT2D eigenvalue weighted by atomic mass is 10.3. The predicted octanol–water partition coefficient (Wildman–Crippen LogP) is 2.53. The third kappa shape index (κ3) is 4.09. The highest BCUT2D eigenvalue weighted by molar-refractivity contribution is 5.57. The van der Waals surface area contributed by atoms with Crippen LogP contribution in [-0.4, -0.2) is 50.9 Å². The first-order valence-corrected chi connectivity index (χ1v) is 8.25. The molecule has 0 bridgehead atoms. The average Bonchev–Trinajstić information content (AvgIpc) is 3.16. The first-order chi connectivity index (χ1) is 12.5. The van der Waals surface area contributed by atoms with Gasteiger partial charge in [-0.2, -0.15) is 0 Å². The van der Waals surface area contributed by atoms with Crippen LogP contribution in [-0.2, 0) is 0 Å². The highest BCUT2D eigenvalue weighted by atomic mass is 16.6. The lowest BCUT2D eigenvalue weighted by Crippen LogP contribution is -2.32. The predicted molar refractivity (Wildman–Crippen MR) is 94.5 cm³/mol. The van der Waals surface area contributed by atoms with Crippen molar-refractivity contribution in [3.05, 3.63) is 56.9 Å². The summed E-state index contributed by atoms with van der Waals surface area (Å²) in [5.41, 5.74) is -0.185. The number of rotatable bonds is 7. The molecule has 3 heterocycles. The summed E-state index contributed by atoms with van der Waals surface area (Å²) in [7, 11) is 0. The first-order valence-electron chi connectivity index (χ1n) is 8.25. The summed E-state index contributed by atoms with van der Waals surface area (Å²) in [6.07, 6.45) is 4.74. The molecule has 1 aliphatic heterocycles. The summed E-state index contributed by atoms with van der Waals surface area (Å²) in [6, 6.07) is 5.89. The van der Waals surface area contributed by atoms with Gasteiger partial charge in [-0.15, -0.1) is 0 Å². The van der Waals surface area contributed by atoms with Crippen molar-refractivity contribution in [2.45, 2.75) is 12.8 Å². The van der Waals surface area contributed by atoms with Crippen LogP contribution in [0.15, 0.2) is 36.7 Å². The van der Waals surface area contributed by atoms with Gasteiger partial charge < -0.3 is 9.80 Å². The van der Waals surface area contributed by atoms with E-state index < -0.39 is 9.85 Å². The molecule has 2 aromatic rings. The third-order valence-corrected chi connectivity index (χ3v) is 4.28. The number of nitro groups is 2. The van der Waals surface area contributed by atoms with Crippen LogP contribution in [0.1, 0.15) is 12.8 Å². The van der Waals surface area contributed by atoms with Crippen LogP contribution < -0.4 is 4.90 Å². The van der Waals surface area contributed by atoms with Gasteiger partial charge in [0.15, 0.2) is 0 Å². The topological polar surface area (TPSA) is 119 Å². The van der Waals surface area contributed by atoms with Gasteiger partial charge in [0.1, 0.15) is 24.0 Å². The van der Waals surface area contributed by atoms with Gasteiger partial charge in [0.2, 0.25) is 0 Å². The summed E-state index contributed by atoms with van der Waals surface area (Å²) >= 11 is 0. The lowest BCUT2D eigenvalue weighted by Gasteiger charge is -2.25. The largest absolute Gasteiger partial charge is 0.310 e. The molecular formula is C16H18N6O4. The van der Waals surface area contributed by atoms with E-state index in [2.05, 4.69) is 14.9 Å². The van der Waals surface area contributed by atoms with E-state index in [1.165, 1.54) is 37.4 Å². The van der Waals surface area contributed by atoms with Crippen molar-refractivity contribution in [2.24, 2.45) is 0 Å². The molecule has 1 aliphatic rings. The van der Waals surface area contributed by atoms with Crippen LogP contribution in [0, 0.1) is 20.2 Å². The maximum Gasteiger partial charge on any atom is 0.287 e. The van der Waals surface area contributed by atoms with E-state index in [9.17, 15) is 20.2 Å². The molecule has 0 N–H and O–H groups in total. The first kappa shape index (κ1) is 17.7. The number of pyridine rings is 2. The Labute approximate surface area is 149 Å². The van der Waals surface area contributed by atoms with Crippen molar-refractivity contribution in [3.8, 4) is 0 Å². The number of nitrogens with zero attached hydrogens (tertiary/aromatic N) is 6. The number of hydrogen-bond donors (Lipinski definition) is 0. The molecule has 26 heavy (non-hydrogen) atoms. The number of likely N-dealkylation sites (tertiary alicyclic amines) is 1. The molecule has 10 nitrogen and oxygen atoms in total. The van der Waals surface area contributed by atoms with Crippen molar-refractivity contribution >= 4 is 23.0 Å². The molecule has 0 radical (unpaired) electrons. The molecule has 1 fully saturated rings. The van der Waals surface area contributed by atoms with Gasteiger partial charge in [-0.25, -0.2) is 9.97 Å². The minimum absolute atomic E-state index is 0.0927. The van der Waals surface area contributed by atoms with E-state index in [1.54, 1.807) is 12.1 Å². The molecule has 10 heteroatoms. The van der Waals surface area contributed by atoms with Crippen molar-refractivity contribution < 1.29 is 9.85 Å². The fraction of sp³-hybridized carbons (Fsp3) is 0.375. The van der Waals surface area contributed by atoms with E-state index in [0.29, 0.717) is 18.2 Å². The Morgan fingerprint density at radius 1 is 0.923 bits per heavy atom. The van der Waals surface area contributed by atoms with Crippen molar-refractivity contribution in [1.82, 2.24) is 14.9 Å². The van der Waals surface area contributed by atoms with Gasteiger partial charge in [-0.3, -0.25) is 20.2 Å². The van der Waals surface area contributed by atoms with Gasteiger partial charge in [0, 0.05) is 25.2 Å². The zero-order valence-corrected chi connectivity index (χ0v) is 14.0. The standard InChI is InChI=1S/C16H18N6O4/c23-21(24)13-3-5-15(17-11-13)20(10-9-19-7-1-2-8-19)16-6-4-14(12-18-16)22(25)26/h3-6,11-12H,1-2,7-10H2. The molecule has 3 rings (SSSR count). The van der Waals surface area contributed by atoms with Crippen LogP contribution in [0.4, 0.5) is 23.0 Å². The summed E-state index contributed by atoms with van der Waals surface area (Å²) in [5, 5.41) is 21.6. The molecule has 0 aliphatic carbocycles. The highest BCUT2D eigenvalue weighted by Gasteiger charge is 2.18. The second-order valence-corrected chi connectivity index (χ2v) is 5.96. The van der Waals surface area contributed by atoms with Crippen LogP contribution in [0.5, 0.6) is 0 Å². The average molecular weight is 358 g/mol. The molecule has 1 saturated heterocycles. The summed E-state index contributed by atoms with van der Waals surface area (Å²) in [6.45, 7) is 3.44. The maximum atomic E-state index is 10.8. The van der Waals surface area contributed by atoms with E-state index >= 15 is 0 Å². The van der Waals surface area contributed by atoms with E-state index in [1.807, 2.05) is 4.90 Å². The highest BCUT2D eigenvalue weighted by Crippen LogP contribution is 2.25. The van der Waals surface area contributed by atoms with Gasteiger partial charge in [0.25, 0.3) is 11.4 Å². The monoisotopic (exact) mass is 358 g/mol. The Bertz CT molecular complexity index is 717. The van der Waals surface area contributed by atoms with Crippen LogP contribution in [0.25, 0.3) is 0 Å². The molecule has 136 valence electrons. The van der Waals surface area contributed by atoms with Gasteiger partial charge >= 0.3 is 0 Å². The normalized spacial score (nSPS) is 14.3. The Kier molecular flexibility index (Phi) is 5.32. The minimum atomic E-state index is -0.504. The number of anilines is 2. The molecular weight excluding hydrogens is 340 g/mol. The van der Waals surface area contributed by atoms with Gasteiger partial charge in [-0.05, 0) is 38.1 Å². The van der Waals surface area contributed by atoms with Gasteiger partial charge in [0.05, 0.1) is 9.85 Å².